The molecular weight excluding hydrogens is 288 g/mol. The van der Waals surface area contributed by atoms with Crippen molar-refractivity contribution in [2.45, 2.75) is 20.0 Å². The van der Waals surface area contributed by atoms with Crippen LogP contribution in [0.1, 0.15) is 27.0 Å². The number of carbonyl (C=O) groups excluding carboxylic acids is 1. The summed E-state index contributed by atoms with van der Waals surface area (Å²) in [7, 11) is 1.62. The molecule has 2 aromatic rings. The smallest absolute Gasteiger partial charge is 0.275 e. The summed E-state index contributed by atoms with van der Waals surface area (Å²) in [5.41, 5.74) is 3.30. The Hall–Kier alpha value is -2.05. The normalized spacial score (nSPS) is 10.2. The number of nitrogens with one attached hydrogen (secondary N) is 1. The third-order valence-corrected chi connectivity index (χ3v) is 4.08. The molecular formula is C15H18N2O3S. The van der Waals surface area contributed by atoms with Gasteiger partial charge in [-0.1, -0.05) is 13.0 Å². The van der Waals surface area contributed by atoms with Crippen LogP contribution in [-0.4, -0.2) is 13.0 Å². The van der Waals surface area contributed by atoms with E-state index in [0.29, 0.717) is 23.0 Å². The van der Waals surface area contributed by atoms with Crippen molar-refractivity contribution in [3.05, 3.63) is 45.6 Å². The number of aryl methyl sites for hydroxylation is 1. The van der Waals surface area contributed by atoms with Crippen LogP contribution in [0.3, 0.4) is 0 Å². The Morgan fingerprint density at radius 2 is 2.10 bits per heavy atom. The van der Waals surface area contributed by atoms with Gasteiger partial charge in [0.05, 0.1) is 12.0 Å². The highest BCUT2D eigenvalue weighted by Crippen LogP contribution is 2.29. The standard InChI is InChI=1S/C15H18N2O3S/c1-3-10-4-6-12(13(8-10)19-2)20-9-11-5-7-14(21-11)15(18)17-16/h4-8H,3,9,16H2,1-2H3,(H,17,18). The second kappa shape index (κ2) is 7.10. The summed E-state index contributed by atoms with van der Waals surface area (Å²) in [4.78, 5) is 12.9. The van der Waals surface area contributed by atoms with Crippen LogP contribution in [-0.2, 0) is 13.0 Å². The zero-order valence-corrected chi connectivity index (χ0v) is 12.8. The van der Waals surface area contributed by atoms with Gasteiger partial charge in [-0.3, -0.25) is 10.2 Å². The van der Waals surface area contributed by atoms with Crippen LogP contribution in [0.25, 0.3) is 0 Å². The molecule has 5 nitrogen and oxygen atoms in total. The molecule has 1 amide bonds. The SMILES string of the molecule is CCc1ccc(OCc2ccc(C(=O)NN)s2)c(OC)c1. The molecule has 6 heteroatoms. The molecule has 0 aliphatic rings. The van der Waals surface area contributed by atoms with Crippen molar-refractivity contribution in [3.63, 3.8) is 0 Å². The van der Waals surface area contributed by atoms with E-state index in [2.05, 4.69) is 12.3 Å². The van der Waals surface area contributed by atoms with Crippen molar-refractivity contribution in [1.82, 2.24) is 5.43 Å². The summed E-state index contributed by atoms with van der Waals surface area (Å²) in [5.74, 6) is 6.21. The van der Waals surface area contributed by atoms with E-state index in [1.54, 1.807) is 13.2 Å². The van der Waals surface area contributed by atoms with Crippen LogP contribution in [0.15, 0.2) is 30.3 Å². The fraction of sp³-hybridized carbons (Fsp3) is 0.267. The number of hydrogen-bond donors (Lipinski definition) is 2. The monoisotopic (exact) mass is 306 g/mol. The predicted molar refractivity (Wildman–Crippen MR) is 82.7 cm³/mol. The maximum atomic E-state index is 11.4. The van der Waals surface area contributed by atoms with Crippen LogP contribution in [0, 0.1) is 0 Å². The first kappa shape index (κ1) is 15.3. The quantitative estimate of drug-likeness (QED) is 0.488. The molecule has 1 aromatic carbocycles. The number of carbonyl (C=O) groups is 1. The van der Waals surface area contributed by atoms with Crippen LogP contribution >= 0.6 is 11.3 Å². The number of nitrogens with two attached hydrogens (primary N) is 1. The summed E-state index contributed by atoms with van der Waals surface area (Å²) in [5, 5.41) is 0. The molecule has 0 spiro atoms. The molecule has 0 saturated heterocycles. The molecule has 0 aliphatic carbocycles. The Morgan fingerprint density at radius 1 is 1.29 bits per heavy atom. The number of thiophene rings is 1. The predicted octanol–water partition coefficient (Wildman–Crippen LogP) is 2.50. The molecule has 0 fully saturated rings. The highest BCUT2D eigenvalue weighted by Gasteiger charge is 2.09. The minimum Gasteiger partial charge on any atom is -0.493 e. The van der Waals surface area contributed by atoms with E-state index in [1.807, 2.05) is 24.3 Å². The lowest BCUT2D eigenvalue weighted by Gasteiger charge is -2.11. The molecule has 3 N–H and O–H groups in total. The van der Waals surface area contributed by atoms with E-state index < -0.39 is 0 Å². The van der Waals surface area contributed by atoms with E-state index >= 15 is 0 Å². The lowest BCUT2D eigenvalue weighted by Crippen LogP contribution is -2.29. The van der Waals surface area contributed by atoms with Gasteiger partial charge in [0.2, 0.25) is 0 Å². The number of methoxy groups -OCH3 is 1. The van der Waals surface area contributed by atoms with Crippen molar-refractivity contribution in [3.8, 4) is 11.5 Å². The fourth-order valence-corrected chi connectivity index (χ4v) is 2.67. The molecule has 1 heterocycles. The van der Waals surface area contributed by atoms with Gasteiger partial charge < -0.3 is 9.47 Å². The second-order valence-electron chi connectivity index (χ2n) is 4.37. The lowest BCUT2D eigenvalue weighted by molar-refractivity contribution is 0.0957. The van der Waals surface area contributed by atoms with Gasteiger partial charge >= 0.3 is 0 Å². The Morgan fingerprint density at radius 3 is 2.76 bits per heavy atom. The Bertz CT molecular complexity index is 625. The van der Waals surface area contributed by atoms with Gasteiger partial charge in [-0.25, -0.2) is 5.84 Å². The van der Waals surface area contributed by atoms with Crippen LogP contribution in [0.4, 0.5) is 0 Å². The number of hydrogen-bond acceptors (Lipinski definition) is 5. The van der Waals surface area contributed by atoms with Gasteiger partial charge in [0, 0.05) is 4.88 Å². The van der Waals surface area contributed by atoms with Crippen molar-refractivity contribution in [2.24, 2.45) is 5.84 Å². The van der Waals surface area contributed by atoms with Crippen LogP contribution in [0.5, 0.6) is 11.5 Å². The zero-order chi connectivity index (χ0) is 15.2. The molecule has 0 unspecified atom stereocenters. The molecule has 0 radical (unpaired) electrons. The van der Waals surface area contributed by atoms with Crippen molar-refractivity contribution < 1.29 is 14.3 Å². The van der Waals surface area contributed by atoms with Gasteiger partial charge in [-0.05, 0) is 36.2 Å². The van der Waals surface area contributed by atoms with E-state index in [1.165, 1.54) is 16.9 Å². The molecule has 21 heavy (non-hydrogen) atoms. The summed E-state index contributed by atoms with van der Waals surface area (Å²) < 4.78 is 11.1. The third kappa shape index (κ3) is 3.74. The Kier molecular flexibility index (Phi) is 5.19. The van der Waals surface area contributed by atoms with Gasteiger partial charge in [-0.15, -0.1) is 11.3 Å². The number of hydrazine groups is 1. The topological polar surface area (TPSA) is 73.6 Å². The summed E-state index contributed by atoms with van der Waals surface area (Å²) in [6.45, 7) is 2.47. The van der Waals surface area contributed by atoms with E-state index in [-0.39, 0.29) is 5.91 Å². The molecule has 1 aromatic heterocycles. The van der Waals surface area contributed by atoms with E-state index in [0.717, 1.165) is 11.3 Å². The second-order valence-corrected chi connectivity index (χ2v) is 5.54. The van der Waals surface area contributed by atoms with Gasteiger partial charge in [0.1, 0.15) is 6.61 Å². The van der Waals surface area contributed by atoms with E-state index in [4.69, 9.17) is 15.3 Å². The average molecular weight is 306 g/mol. The van der Waals surface area contributed by atoms with Crippen molar-refractivity contribution >= 4 is 17.2 Å². The minimum absolute atomic E-state index is 0.295. The van der Waals surface area contributed by atoms with E-state index in [9.17, 15) is 4.79 Å². The molecule has 112 valence electrons. The fourth-order valence-electron chi connectivity index (χ4n) is 1.85. The number of amides is 1. The summed E-state index contributed by atoms with van der Waals surface area (Å²) in [6, 6.07) is 9.46. The van der Waals surface area contributed by atoms with Gasteiger partial charge in [0.25, 0.3) is 5.91 Å². The maximum absolute atomic E-state index is 11.4. The lowest BCUT2D eigenvalue weighted by atomic mass is 10.1. The highest BCUT2D eigenvalue weighted by molar-refractivity contribution is 7.14. The minimum atomic E-state index is -0.295. The van der Waals surface area contributed by atoms with Gasteiger partial charge in [-0.2, -0.15) is 0 Å². The first-order chi connectivity index (χ1) is 10.2. The molecule has 0 atom stereocenters. The molecule has 2 rings (SSSR count). The van der Waals surface area contributed by atoms with Gasteiger partial charge in [0.15, 0.2) is 11.5 Å². The van der Waals surface area contributed by atoms with Crippen molar-refractivity contribution in [2.75, 3.05) is 7.11 Å². The first-order valence-electron chi connectivity index (χ1n) is 6.57. The number of ether oxygens (including phenoxy) is 2. The third-order valence-electron chi connectivity index (χ3n) is 3.02. The highest BCUT2D eigenvalue weighted by atomic mass is 32.1. The first-order valence-corrected chi connectivity index (χ1v) is 7.39. The maximum Gasteiger partial charge on any atom is 0.275 e. The zero-order valence-electron chi connectivity index (χ0n) is 12.0. The number of rotatable bonds is 6. The molecule has 0 aliphatic heterocycles. The largest absolute Gasteiger partial charge is 0.493 e. The molecule has 0 bridgehead atoms. The Balaban J connectivity index is 2.06. The number of benzene rings is 1. The van der Waals surface area contributed by atoms with Crippen LogP contribution < -0.4 is 20.7 Å². The Labute approximate surface area is 127 Å². The van der Waals surface area contributed by atoms with Crippen LogP contribution in [0.2, 0.25) is 0 Å². The summed E-state index contributed by atoms with van der Waals surface area (Å²) in [6.07, 6.45) is 0.944. The van der Waals surface area contributed by atoms with Crippen molar-refractivity contribution in [1.29, 1.82) is 0 Å². The number of nitrogen functional groups attached to an aromatic ring is 1. The molecule has 0 saturated carbocycles. The average Bonchev–Trinajstić information content (AvgIpc) is 3.00. The summed E-state index contributed by atoms with van der Waals surface area (Å²) >= 11 is 1.35.